The van der Waals surface area contributed by atoms with E-state index in [4.69, 9.17) is 0 Å². The molecule has 3 heteroatoms. The Morgan fingerprint density at radius 1 is 1.23 bits per heavy atom. The summed E-state index contributed by atoms with van der Waals surface area (Å²) in [5.74, 6) is 0. The zero-order chi connectivity index (χ0) is 15.3. The molecule has 22 heavy (non-hydrogen) atoms. The Labute approximate surface area is 135 Å². The average molecular weight is 310 g/mol. The van der Waals surface area contributed by atoms with Gasteiger partial charge in [0.15, 0.2) is 0 Å². The van der Waals surface area contributed by atoms with E-state index in [0.29, 0.717) is 6.04 Å². The van der Waals surface area contributed by atoms with Gasteiger partial charge in [-0.15, -0.1) is 11.3 Å². The highest BCUT2D eigenvalue weighted by Gasteiger charge is 2.26. The molecule has 1 aliphatic rings. The Bertz CT molecular complexity index is 841. The number of fused-ring (bicyclic) bond motifs is 3. The summed E-state index contributed by atoms with van der Waals surface area (Å²) in [5, 5.41) is 5.13. The van der Waals surface area contributed by atoms with Crippen LogP contribution in [-0.4, -0.2) is 11.5 Å². The number of hydrogen-bond acceptors (Lipinski definition) is 2. The molecule has 0 saturated carbocycles. The van der Waals surface area contributed by atoms with E-state index in [9.17, 15) is 0 Å². The molecule has 3 aromatic rings. The standard InChI is InChI=1S/C19H22N2S/c1-4-13-5-6-16(22-13)19-18-14(7-8-20-19)15-10-11(2)9-12(3)17(15)21-18/h5-6,9-10,19-21H,4,7-8H2,1-3H3. The van der Waals surface area contributed by atoms with E-state index in [-0.39, 0.29) is 0 Å². The Morgan fingerprint density at radius 2 is 2.09 bits per heavy atom. The SMILES string of the molecule is CCc1ccc(C2NCCc3c2[nH]c2c(C)cc(C)cc32)s1. The number of hydrogen-bond donors (Lipinski definition) is 2. The third kappa shape index (κ3) is 2.11. The molecule has 0 saturated heterocycles. The lowest BCUT2D eigenvalue weighted by Crippen LogP contribution is -2.29. The van der Waals surface area contributed by atoms with E-state index in [1.165, 1.54) is 43.0 Å². The van der Waals surface area contributed by atoms with Gasteiger partial charge in [-0.2, -0.15) is 0 Å². The van der Waals surface area contributed by atoms with E-state index >= 15 is 0 Å². The summed E-state index contributed by atoms with van der Waals surface area (Å²) < 4.78 is 0. The maximum Gasteiger partial charge on any atom is 0.0826 e. The van der Waals surface area contributed by atoms with Gasteiger partial charge in [-0.25, -0.2) is 0 Å². The van der Waals surface area contributed by atoms with Gasteiger partial charge in [-0.1, -0.05) is 18.6 Å². The summed E-state index contributed by atoms with van der Waals surface area (Å²) in [5.41, 5.74) is 6.91. The minimum absolute atomic E-state index is 0.321. The molecule has 114 valence electrons. The van der Waals surface area contributed by atoms with Crippen LogP contribution < -0.4 is 5.32 Å². The molecule has 3 heterocycles. The zero-order valence-electron chi connectivity index (χ0n) is 13.4. The summed E-state index contributed by atoms with van der Waals surface area (Å²) in [6, 6.07) is 9.49. The number of benzene rings is 1. The molecule has 1 atom stereocenters. The molecule has 0 aliphatic carbocycles. The predicted octanol–water partition coefficient (Wildman–Crippen LogP) is 4.64. The highest BCUT2D eigenvalue weighted by atomic mass is 32.1. The van der Waals surface area contributed by atoms with Crippen LogP contribution in [0.4, 0.5) is 0 Å². The molecule has 0 bridgehead atoms. The largest absolute Gasteiger partial charge is 0.356 e. The minimum Gasteiger partial charge on any atom is -0.356 e. The number of rotatable bonds is 2. The fraction of sp³-hybridized carbons (Fsp3) is 0.368. The highest BCUT2D eigenvalue weighted by Crippen LogP contribution is 2.37. The summed E-state index contributed by atoms with van der Waals surface area (Å²) in [7, 11) is 0. The Morgan fingerprint density at radius 3 is 2.86 bits per heavy atom. The van der Waals surface area contributed by atoms with Crippen LogP contribution in [0.2, 0.25) is 0 Å². The van der Waals surface area contributed by atoms with Gasteiger partial charge >= 0.3 is 0 Å². The van der Waals surface area contributed by atoms with E-state index < -0.39 is 0 Å². The van der Waals surface area contributed by atoms with Crippen LogP contribution in [0.15, 0.2) is 24.3 Å². The first-order valence-electron chi connectivity index (χ1n) is 8.11. The van der Waals surface area contributed by atoms with Crippen LogP contribution >= 0.6 is 11.3 Å². The monoisotopic (exact) mass is 310 g/mol. The number of H-pyrrole nitrogens is 1. The van der Waals surface area contributed by atoms with Crippen molar-refractivity contribution in [1.29, 1.82) is 0 Å². The molecular formula is C19H22N2S. The van der Waals surface area contributed by atoms with Gasteiger partial charge in [0.2, 0.25) is 0 Å². The first kappa shape index (κ1) is 14.0. The zero-order valence-corrected chi connectivity index (χ0v) is 14.2. The van der Waals surface area contributed by atoms with E-state index in [1.54, 1.807) is 0 Å². The van der Waals surface area contributed by atoms with Gasteiger partial charge in [0, 0.05) is 32.9 Å². The van der Waals surface area contributed by atoms with Crippen molar-refractivity contribution in [2.75, 3.05) is 6.54 Å². The predicted molar refractivity (Wildman–Crippen MR) is 95.0 cm³/mol. The minimum atomic E-state index is 0.321. The van der Waals surface area contributed by atoms with Crippen molar-refractivity contribution in [3.8, 4) is 0 Å². The summed E-state index contributed by atoms with van der Waals surface area (Å²) in [6.45, 7) is 7.68. The third-order valence-electron chi connectivity index (χ3n) is 4.72. The molecule has 0 radical (unpaired) electrons. The Balaban J connectivity index is 1.89. The van der Waals surface area contributed by atoms with E-state index in [0.717, 1.165) is 19.4 Å². The van der Waals surface area contributed by atoms with E-state index in [2.05, 4.69) is 55.3 Å². The van der Waals surface area contributed by atoms with Crippen LogP contribution in [0, 0.1) is 13.8 Å². The fourth-order valence-electron chi connectivity index (χ4n) is 3.67. The number of thiophene rings is 1. The number of nitrogens with one attached hydrogen (secondary N) is 2. The van der Waals surface area contributed by atoms with Crippen molar-refractivity contribution in [2.45, 2.75) is 39.7 Å². The van der Waals surface area contributed by atoms with Gasteiger partial charge in [0.25, 0.3) is 0 Å². The van der Waals surface area contributed by atoms with Gasteiger partial charge in [-0.05, 0) is 56.0 Å². The quantitative estimate of drug-likeness (QED) is 0.709. The van der Waals surface area contributed by atoms with Gasteiger partial charge in [0.05, 0.1) is 6.04 Å². The van der Waals surface area contributed by atoms with Gasteiger partial charge in [-0.3, -0.25) is 0 Å². The first-order chi connectivity index (χ1) is 10.7. The number of aryl methyl sites for hydroxylation is 3. The molecule has 4 rings (SSSR count). The second-order valence-electron chi connectivity index (χ2n) is 6.32. The molecule has 0 spiro atoms. The van der Waals surface area contributed by atoms with Crippen molar-refractivity contribution in [3.05, 3.63) is 56.4 Å². The lowest BCUT2D eigenvalue weighted by molar-refractivity contribution is 0.567. The topological polar surface area (TPSA) is 27.8 Å². The normalized spacial score (nSPS) is 17.9. The molecule has 1 aliphatic heterocycles. The molecular weight excluding hydrogens is 288 g/mol. The summed E-state index contributed by atoms with van der Waals surface area (Å²) in [6.07, 6.45) is 2.23. The molecule has 1 aromatic carbocycles. The second-order valence-corrected chi connectivity index (χ2v) is 7.52. The molecule has 0 amide bonds. The van der Waals surface area contributed by atoms with Crippen LogP contribution in [0.1, 0.15) is 45.1 Å². The highest BCUT2D eigenvalue weighted by molar-refractivity contribution is 7.12. The fourth-order valence-corrected chi connectivity index (χ4v) is 4.71. The summed E-state index contributed by atoms with van der Waals surface area (Å²) in [4.78, 5) is 6.63. The van der Waals surface area contributed by atoms with Crippen LogP contribution in [0.3, 0.4) is 0 Å². The van der Waals surface area contributed by atoms with Crippen molar-refractivity contribution in [2.24, 2.45) is 0 Å². The smallest absolute Gasteiger partial charge is 0.0826 e. The van der Waals surface area contributed by atoms with Crippen molar-refractivity contribution in [3.63, 3.8) is 0 Å². The molecule has 2 aromatic heterocycles. The van der Waals surface area contributed by atoms with Crippen LogP contribution in [0.25, 0.3) is 10.9 Å². The maximum atomic E-state index is 3.73. The van der Waals surface area contributed by atoms with Gasteiger partial charge in [0.1, 0.15) is 0 Å². The van der Waals surface area contributed by atoms with Crippen molar-refractivity contribution >= 4 is 22.2 Å². The average Bonchev–Trinajstić information content (AvgIpc) is 3.11. The third-order valence-corrected chi connectivity index (χ3v) is 6.01. The molecule has 0 fully saturated rings. The second kappa shape index (κ2) is 5.25. The Kier molecular flexibility index (Phi) is 3.35. The van der Waals surface area contributed by atoms with E-state index in [1.807, 2.05) is 11.3 Å². The van der Waals surface area contributed by atoms with Crippen molar-refractivity contribution in [1.82, 2.24) is 10.3 Å². The Hall–Kier alpha value is -1.58. The molecule has 2 N–H and O–H groups in total. The summed E-state index contributed by atoms with van der Waals surface area (Å²) >= 11 is 1.94. The van der Waals surface area contributed by atoms with Crippen LogP contribution in [0.5, 0.6) is 0 Å². The number of aromatic amines is 1. The maximum absolute atomic E-state index is 3.73. The van der Waals surface area contributed by atoms with Gasteiger partial charge < -0.3 is 10.3 Å². The lowest BCUT2D eigenvalue weighted by Gasteiger charge is -2.23. The molecule has 2 nitrogen and oxygen atoms in total. The van der Waals surface area contributed by atoms with Crippen LogP contribution in [-0.2, 0) is 12.8 Å². The lowest BCUT2D eigenvalue weighted by atomic mass is 9.97. The first-order valence-corrected chi connectivity index (χ1v) is 8.92. The van der Waals surface area contributed by atoms with Crippen molar-refractivity contribution < 1.29 is 0 Å². The molecule has 1 unspecified atom stereocenters. The number of aromatic nitrogens is 1.